The van der Waals surface area contributed by atoms with Crippen molar-refractivity contribution in [3.63, 3.8) is 0 Å². The lowest BCUT2D eigenvalue weighted by molar-refractivity contribution is -0.124. The van der Waals surface area contributed by atoms with Crippen molar-refractivity contribution in [3.05, 3.63) is 47.6 Å². The Morgan fingerprint density at radius 2 is 2.11 bits per heavy atom. The third kappa shape index (κ3) is 3.85. The van der Waals surface area contributed by atoms with Crippen molar-refractivity contribution in [2.75, 3.05) is 0 Å². The number of hydrogen-bond acceptors (Lipinski definition) is 6. The monoisotopic (exact) mass is 370 g/mol. The van der Waals surface area contributed by atoms with Crippen molar-refractivity contribution in [1.29, 1.82) is 0 Å². The number of benzene rings is 1. The normalized spacial score (nSPS) is 12.7. The summed E-state index contributed by atoms with van der Waals surface area (Å²) in [4.78, 5) is 29.9. The van der Waals surface area contributed by atoms with E-state index in [0.717, 1.165) is 6.08 Å². The predicted molar refractivity (Wildman–Crippen MR) is 95.0 cm³/mol. The van der Waals surface area contributed by atoms with E-state index in [-0.39, 0.29) is 17.5 Å². The van der Waals surface area contributed by atoms with Gasteiger partial charge in [-0.3, -0.25) is 10.0 Å². The number of carbonyl (C=O) groups excluding carboxylic acids is 1. The van der Waals surface area contributed by atoms with Crippen LogP contribution in [0.25, 0.3) is 17.1 Å². The Morgan fingerprint density at radius 1 is 1.33 bits per heavy atom. The molecule has 0 bridgehead atoms. The molecule has 0 fully saturated rings. The molecule has 140 valence electrons. The Bertz CT molecular complexity index is 1020. The number of rotatable bonds is 6. The molecule has 3 aromatic rings. The van der Waals surface area contributed by atoms with E-state index < -0.39 is 11.9 Å². The van der Waals surface area contributed by atoms with Crippen LogP contribution in [0.1, 0.15) is 41.8 Å². The highest BCUT2D eigenvalue weighted by Gasteiger charge is 2.23. The van der Waals surface area contributed by atoms with Crippen LogP contribution in [0.4, 0.5) is 0 Å². The van der Waals surface area contributed by atoms with Gasteiger partial charge in [-0.25, -0.2) is 19.9 Å². The summed E-state index contributed by atoms with van der Waals surface area (Å²) in [5.41, 5.74) is 3.39. The van der Waals surface area contributed by atoms with Gasteiger partial charge in [0.1, 0.15) is 17.6 Å². The smallest absolute Gasteiger partial charge is 0.335 e. The van der Waals surface area contributed by atoms with Crippen LogP contribution in [0.3, 0.4) is 0 Å². The SMILES string of the molecule is CC(C)C(c1nc2ccc(C(=O)O)cc2[nH]1)n1cc(C=CC(=O)NO)nn1. The maximum Gasteiger partial charge on any atom is 0.335 e. The molecule has 4 N–H and O–H groups in total. The van der Waals surface area contributed by atoms with Crippen LogP contribution < -0.4 is 5.48 Å². The average Bonchev–Trinajstić information content (AvgIpc) is 3.25. The van der Waals surface area contributed by atoms with Gasteiger partial charge in [-0.2, -0.15) is 0 Å². The summed E-state index contributed by atoms with van der Waals surface area (Å²) in [5, 5.41) is 25.7. The summed E-state index contributed by atoms with van der Waals surface area (Å²) in [7, 11) is 0. The first-order valence-corrected chi connectivity index (χ1v) is 8.16. The molecular formula is C17H18N6O4. The second-order valence-corrected chi connectivity index (χ2v) is 6.28. The minimum Gasteiger partial charge on any atom is -0.478 e. The Morgan fingerprint density at radius 3 is 2.78 bits per heavy atom. The third-order valence-corrected chi connectivity index (χ3v) is 3.99. The number of nitrogens with one attached hydrogen (secondary N) is 2. The lowest BCUT2D eigenvalue weighted by atomic mass is 10.0. The fraction of sp³-hybridized carbons (Fsp3) is 0.235. The van der Waals surface area contributed by atoms with Crippen molar-refractivity contribution in [1.82, 2.24) is 30.4 Å². The van der Waals surface area contributed by atoms with Gasteiger partial charge in [0.25, 0.3) is 5.91 Å². The van der Waals surface area contributed by atoms with E-state index in [0.29, 0.717) is 22.6 Å². The highest BCUT2D eigenvalue weighted by Crippen LogP contribution is 2.26. The summed E-state index contributed by atoms with van der Waals surface area (Å²) >= 11 is 0. The number of amides is 1. The molecule has 0 aliphatic rings. The van der Waals surface area contributed by atoms with Crippen LogP contribution in [-0.2, 0) is 4.79 Å². The van der Waals surface area contributed by atoms with Gasteiger partial charge in [-0.15, -0.1) is 5.10 Å². The molecule has 0 radical (unpaired) electrons. The van der Waals surface area contributed by atoms with Gasteiger partial charge in [-0.1, -0.05) is 19.1 Å². The molecule has 1 unspecified atom stereocenters. The van der Waals surface area contributed by atoms with Gasteiger partial charge in [-0.05, 0) is 30.2 Å². The standard InChI is InChI=1S/C17H18N6O4/c1-9(2)15(23-8-11(20-22-23)4-6-14(24)21-27)16-18-12-5-3-10(17(25)26)7-13(12)19-16/h3-9,15,27H,1-2H3,(H,18,19)(H,21,24)(H,25,26). The Labute approximate surface area is 153 Å². The Kier molecular flexibility index (Phi) is 4.99. The third-order valence-electron chi connectivity index (χ3n) is 3.99. The van der Waals surface area contributed by atoms with Crippen LogP contribution in [0, 0.1) is 5.92 Å². The minimum absolute atomic E-state index is 0.101. The van der Waals surface area contributed by atoms with Gasteiger partial charge in [0, 0.05) is 6.08 Å². The molecule has 0 saturated heterocycles. The van der Waals surface area contributed by atoms with Crippen LogP contribution in [-0.4, -0.2) is 47.2 Å². The van der Waals surface area contributed by atoms with Crippen LogP contribution in [0.5, 0.6) is 0 Å². The van der Waals surface area contributed by atoms with Crippen LogP contribution in [0.2, 0.25) is 0 Å². The van der Waals surface area contributed by atoms with E-state index in [1.807, 2.05) is 13.8 Å². The first-order chi connectivity index (χ1) is 12.9. The number of H-pyrrole nitrogens is 1. The summed E-state index contributed by atoms with van der Waals surface area (Å²) in [6, 6.07) is 4.42. The van der Waals surface area contributed by atoms with Crippen molar-refractivity contribution in [2.45, 2.75) is 19.9 Å². The summed E-state index contributed by atoms with van der Waals surface area (Å²) < 4.78 is 1.62. The molecule has 2 heterocycles. The first kappa shape index (κ1) is 18.3. The molecule has 1 amide bonds. The average molecular weight is 370 g/mol. The Balaban J connectivity index is 1.95. The number of hydrogen-bond donors (Lipinski definition) is 4. The highest BCUT2D eigenvalue weighted by atomic mass is 16.5. The molecule has 0 spiro atoms. The van der Waals surface area contributed by atoms with Crippen molar-refractivity contribution >= 4 is 29.0 Å². The minimum atomic E-state index is -1.01. The number of aromatic nitrogens is 5. The number of imidazole rings is 1. The lowest BCUT2D eigenvalue weighted by Crippen LogP contribution is -2.18. The number of carboxylic acids is 1. The molecule has 2 aromatic heterocycles. The van der Waals surface area contributed by atoms with E-state index >= 15 is 0 Å². The van der Waals surface area contributed by atoms with Gasteiger partial charge in [0.2, 0.25) is 0 Å². The molecular weight excluding hydrogens is 352 g/mol. The largest absolute Gasteiger partial charge is 0.478 e. The quantitative estimate of drug-likeness (QED) is 0.293. The zero-order valence-corrected chi connectivity index (χ0v) is 14.6. The maximum atomic E-state index is 11.1. The predicted octanol–water partition coefficient (Wildman–Crippen LogP) is 1.62. The zero-order valence-electron chi connectivity index (χ0n) is 14.6. The highest BCUT2D eigenvalue weighted by molar-refractivity contribution is 5.92. The number of aromatic carboxylic acids is 1. The number of nitrogens with zero attached hydrogens (tertiary/aromatic N) is 4. The number of aromatic amines is 1. The van der Waals surface area contributed by atoms with Crippen LogP contribution >= 0.6 is 0 Å². The van der Waals surface area contributed by atoms with Gasteiger partial charge in [0.15, 0.2) is 0 Å². The second-order valence-electron chi connectivity index (χ2n) is 6.28. The fourth-order valence-electron chi connectivity index (χ4n) is 2.75. The molecule has 0 aliphatic heterocycles. The molecule has 10 heteroatoms. The number of carbonyl (C=O) groups is 2. The molecule has 1 atom stereocenters. The number of hydroxylamine groups is 1. The molecule has 10 nitrogen and oxygen atoms in total. The zero-order chi connectivity index (χ0) is 19.6. The molecule has 27 heavy (non-hydrogen) atoms. The van der Waals surface area contributed by atoms with E-state index in [2.05, 4.69) is 20.3 Å². The van der Waals surface area contributed by atoms with Gasteiger partial charge < -0.3 is 10.1 Å². The van der Waals surface area contributed by atoms with E-state index in [4.69, 9.17) is 10.3 Å². The molecule has 0 aliphatic carbocycles. The fourth-order valence-corrected chi connectivity index (χ4v) is 2.75. The Hall–Kier alpha value is -3.53. The van der Waals surface area contributed by atoms with Gasteiger partial charge in [0.05, 0.1) is 22.8 Å². The summed E-state index contributed by atoms with van der Waals surface area (Å²) in [5.74, 6) is -0.954. The first-order valence-electron chi connectivity index (χ1n) is 8.16. The van der Waals surface area contributed by atoms with Crippen LogP contribution in [0.15, 0.2) is 30.5 Å². The number of carboxylic acid groups (broad SMARTS) is 1. The molecule has 0 saturated carbocycles. The van der Waals surface area contributed by atoms with Crippen molar-refractivity contribution < 1.29 is 19.9 Å². The van der Waals surface area contributed by atoms with E-state index in [1.165, 1.54) is 23.7 Å². The summed E-state index contributed by atoms with van der Waals surface area (Å²) in [6.07, 6.45) is 4.21. The van der Waals surface area contributed by atoms with Crippen molar-refractivity contribution in [3.8, 4) is 0 Å². The molecule has 1 aromatic carbocycles. The lowest BCUT2D eigenvalue weighted by Gasteiger charge is -2.18. The van der Waals surface area contributed by atoms with Gasteiger partial charge >= 0.3 is 5.97 Å². The molecule has 3 rings (SSSR count). The summed E-state index contributed by atoms with van der Waals surface area (Å²) in [6.45, 7) is 3.99. The topological polar surface area (TPSA) is 146 Å². The van der Waals surface area contributed by atoms with Crippen molar-refractivity contribution in [2.24, 2.45) is 5.92 Å². The second kappa shape index (κ2) is 7.38. The van der Waals surface area contributed by atoms with E-state index in [9.17, 15) is 9.59 Å². The maximum absolute atomic E-state index is 11.1. The number of fused-ring (bicyclic) bond motifs is 1. The van der Waals surface area contributed by atoms with E-state index in [1.54, 1.807) is 16.9 Å².